The normalized spacial score (nSPS) is 17.8. The van der Waals surface area contributed by atoms with Gasteiger partial charge in [0.25, 0.3) is 0 Å². The van der Waals surface area contributed by atoms with Crippen molar-refractivity contribution in [2.45, 2.75) is 36.6 Å². The molecule has 0 bridgehead atoms. The molecule has 3 heterocycles. The molecule has 0 atom stereocenters. The van der Waals surface area contributed by atoms with E-state index in [1.54, 1.807) is 24.4 Å². The number of likely N-dealkylation sites (tertiary alicyclic amines) is 1. The standard InChI is InChI=1S/C22H28N4O4S.2C2HF3O2/c1-23-21(27)15-26-16-22(17-30-19-6-2-3-7-20(19)31(26,28)29)8-11-25(12-9-22)14-18-5-4-10-24-13-18;2*3-2(4,5)1(6)7/h2-7,10,13H,8-9,11-12,14-17H2,1H3,(H,23,27);2*(H,6,7). The number of nitrogens with one attached hydrogen (secondary N) is 1. The van der Waals surface area contributed by atoms with Gasteiger partial charge in [0.05, 0.1) is 13.2 Å². The molecule has 1 saturated heterocycles. The number of pyridine rings is 1. The molecular formula is C26H30F6N4O8S. The quantitative estimate of drug-likeness (QED) is 0.411. The third-order valence-corrected chi connectivity index (χ3v) is 8.47. The van der Waals surface area contributed by atoms with Gasteiger partial charge in [-0.2, -0.15) is 30.6 Å². The summed E-state index contributed by atoms with van der Waals surface area (Å²) in [5.74, 6) is -5.49. The zero-order valence-corrected chi connectivity index (χ0v) is 24.5. The lowest BCUT2D eigenvalue weighted by molar-refractivity contribution is -0.193. The van der Waals surface area contributed by atoms with Crippen LogP contribution in [-0.4, -0.2) is 103 Å². The van der Waals surface area contributed by atoms with Gasteiger partial charge in [0, 0.05) is 37.9 Å². The Balaban J connectivity index is 0.000000421. The smallest absolute Gasteiger partial charge is 0.490 e. The number of ether oxygens (including phenoxy) is 1. The Morgan fingerprint density at radius 3 is 2.02 bits per heavy atom. The molecule has 12 nitrogen and oxygen atoms in total. The lowest BCUT2D eigenvalue weighted by Crippen LogP contribution is -2.53. The number of alkyl halides is 6. The number of hydrogen-bond acceptors (Lipinski definition) is 8. The molecule has 2 aliphatic rings. The van der Waals surface area contributed by atoms with Crippen LogP contribution in [0.15, 0.2) is 53.7 Å². The van der Waals surface area contributed by atoms with E-state index in [-0.39, 0.29) is 29.3 Å². The summed E-state index contributed by atoms with van der Waals surface area (Å²) in [6.07, 6.45) is -4.96. The molecule has 0 aliphatic carbocycles. The molecule has 0 saturated carbocycles. The number of aromatic nitrogens is 1. The Labute approximate surface area is 253 Å². The summed E-state index contributed by atoms with van der Waals surface area (Å²) in [7, 11) is -2.34. The van der Waals surface area contributed by atoms with Crippen LogP contribution in [0.1, 0.15) is 18.4 Å². The number of carboxylic acids is 2. The number of piperidine rings is 1. The Morgan fingerprint density at radius 2 is 1.53 bits per heavy atom. The number of fused-ring (bicyclic) bond motifs is 1. The van der Waals surface area contributed by atoms with Crippen molar-refractivity contribution in [2.75, 3.05) is 39.8 Å². The first-order chi connectivity index (χ1) is 20.8. The molecule has 1 spiro atoms. The third-order valence-electron chi connectivity index (χ3n) is 6.64. The van der Waals surface area contributed by atoms with Crippen LogP contribution in [0.5, 0.6) is 5.75 Å². The van der Waals surface area contributed by atoms with Crippen molar-refractivity contribution in [3.8, 4) is 5.75 Å². The fraction of sp³-hybridized carbons (Fsp3) is 0.462. The number of sulfonamides is 1. The number of amides is 1. The second-order valence-electron chi connectivity index (χ2n) is 9.92. The first-order valence-electron chi connectivity index (χ1n) is 12.9. The summed E-state index contributed by atoms with van der Waals surface area (Å²) < 4.78 is 97.7. The molecule has 1 aromatic carbocycles. The first kappa shape index (κ1) is 37.2. The Bertz CT molecular complexity index is 1390. The summed E-state index contributed by atoms with van der Waals surface area (Å²) in [6, 6.07) is 10.7. The van der Waals surface area contributed by atoms with E-state index in [9.17, 15) is 39.6 Å². The predicted molar refractivity (Wildman–Crippen MR) is 143 cm³/mol. The SMILES string of the molecule is CNC(=O)CN1CC2(CCN(Cc3cccnc3)CC2)COc2ccccc2S1(=O)=O.O=C(O)C(F)(F)F.O=C(O)C(F)(F)F. The van der Waals surface area contributed by atoms with Gasteiger partial charge in [0.1, 0.15) is 10.6 Å². The van der Waals surface area contributed by atoms with Crippen LogP contribution in [0.3, 0.4) is 0 Å². The molecular weight excluding hydrogens is 642 g/mol. The zero-order valence-electron chi connectivity index (χ0n) is 23.6. The van der Waals surface area contributed by atoms with Gasteiger partial charge in [-0.05, 0) is 49.7 Å². The molecule has 0 radical (unpaired) electrons. The van der Waals surface area contributed by atoms with Crippen molar-refractivity contribution >= 4 is 27.9 Å². The van der Waals surface area contributed by atoms with Crippen molar-refractivity contribution in [2.24, 2.45) is 5.41 Å². The molecule has 19 heteroatoms. The average Bonchev–Trinajstić information content (AvgIpc) is 2.97. The van der Waals surface area contributed by atoms with Crippen LogP contribution >= 0.6 is 0 Å². The van der Waals surface area contributed by atoms with Crippen molar-refractivity contribution < 1.29 is 64.1 Å². The molecule has 4 rings (SSSR count). The van der Waals surface area contributed by atoms with E-state index in [2.05, 4.69) is 21.3 Å². The number of halogens is 6. The minimum absolute atomic E-state index is 0.114. The molecule has 45 heavy (non-hydrogen) atoms. The summed E-state index contributed by atoms with van der Waals surface area (Å²) in [6.45, 7) is 2.95. The van der Waals surface area contributed by atoms with E-state index < -0.39 is 34.3 Å². The number of carbonyl (C=O) groups excluding carboxylic acids is 1. The van der Waals surface area contributed by atoms with Gasteiger partial charge in [-0.1, -0.05) is 18.2 Å². The summed E-state index contributed by atoms with van der Waals surface area (Å²) >= 11 is 0. The Morgan fingerprint density at radius 1 is 0.978 bits per heavy atom. The fourth-order valence-electron chi connectivity index (χ4n) is 4.28. The zero-order chi connectivity index (χ0) is 34.1. The summed E-state index contributed by atoms with van der Waals surface area (Å²) in [5.41, 5.74) is 0.810. The maximum atomic E-state index is 13.4. The third kappa shape index (κ3) is 11.2. The largest absolute Gasteiger partial charge is 0.492 e. The fourth-order valence-corrected chi connectivity index (χ4v) is 5.92. The van der Waals surface area contributed by atoms with E-state index in [4.69, 9.17) is 24.5 Å². The van der Waals surface area contributed by atoms with Gasteiger partial charge in [0.15, 0.2) is 0 Å². The summed E-state index contributed by atoms with van der Waals surface area (Å²) in [4.78, 5) is 36.6. The minimum atomic E-state index is -5.08. The lowest BCUT2D eigenvalue weighted by Gasteiger charge is -2.44. The van der Waals surface area contributed by atoms with Crippen molar-refractivity contribution in [1.29, 1.82) is 0 Å². The molecule has 1 fully saturated rings. The number of para-hydroxylation sites is 1. The van der Waals surface area contributed by atoms with Gasteiger partial charge >= 0.3 is 24.3 Å². The van der Waals surface area contributed by atoms with E-state index in [1.807, 2.05) is 12.3 Å². The highest BCUT2D eigenvalue weighted by molar-refractivity contribution is 7.89. The lowest BCUT2D eigenvalue weighted by atomic mass is 9.78. The number of hydrogen-bond donors (Lipinski definition) is 3. The van der Waals surface area contributed by atoms with Crippen LogP contribution in [0, 0.1) is 5.41 Å². The second kappa shape index (κ2) is 15.3. The Hall–Kier alpha value is -3.97. The highest BCUT2D eigenvalue weighted by Crippen LogP contribution is 2.39. The number of nitrogens with zero attached hydrogens (tertiary/aromatic N) is 3. The number of rotatable bonds is 4. The van der Waals surface area contributed by atoms with Crippen LogP contribution < -0.4 is 10.1 Å². The van der Waals surface area contributed by atoms with Crippen LogP contribution in [0.25, 0.3) is 0 Å². The molecule has 2 aromatic rings. The Kier molecular flexibility index (Phi) is 12.7. The maximum Gasteiger partial charge on any atom is 0.490 e. The number of carboxylic acid groups (broad SMARTS) is 2. The second-order valence-corrected chi connectivity index (χ2v) is 11.8. The van der Waals surface area contributed by atoms with E-state index >= 15 is 0 Å². The monoisotopic (exact) mass is 672 g/mol. The highest BCUT2D eigenvalue weighted by atomic mass is 32.2. The van der Waals surface area contributed by atoms with Crippen LogP contribution in [0.2, 0.25) is 0 Å². The van der Waals surface area contributed by atoms with Gasteiger partial charge in [0.2, 0.25) is 15.9 Å². The first-order valence-corrected chi connectivity index (χ1v) is 14.4. The molecule has 0 unspecified atom stereocenters. The van der Waals surface area contributed by atoms with E-state index in [0.717, 1.165) is 38.0 Å². The van der Waals surface area contributed by atoms with E-state index in [0.29, 0.717) is 12.4 Å². The van der Waals surface area contributed by atoms with Crippen molar-refractivity contribution in [3.05, 3.63) is 54.4 Å². The minimum Gasteiger partial charge on any atom is -0.492 e. The number of aliphatic carboxylic acids is 2. The molecule has 250 valence electrons. The van der Waals surface area contributed by atoms with Gasteiger partial charge in [-0.3, -0.25) is 14.7 Å². The number of likely N-dealkylation sites (N-methyl/N-ethyl adjacent to an activating group) is 1. The topological polar surface area (TPSA) is 166 Å². The molecule has 1 amide bonds. The average molecular weight is 673 g/mol. The van der Waals surface area contributed by atoms with Gasteiger partial charge < -0.3 is 20.3 Å². The molecule has 2 aliphatic heterocycles. The molecule has 3 N–H and O–H groups in total. The predicted octanol–water partition coefficient (Wildman–Crippen LogP) is 2.76. The summed E-state index contributed by atoms with van der Waals surface area (Å²) in [5, 5.41) is 16.8. The maximum absolute atomic E-state index is 13.4. The van der Waals surface area contributed by atoms with Gasteiger partial charge in [-0.25, -0.2) is 18.0 Å². The van der Waals surface area contributed by atoms with Crippen molar-refractivity contribution in [1.82, 2.24) is 19.5 Å². The number of carbonyl (C=O) groups is 3. The van der Waals surface area contributed by atoms with Crippen LogP contribution in [0.4, 0.5) is 26.3 Å². The van der Waals surface area contributed by atoms with E-state index in [1.165, 1.54) is 17.4 Å². The molecule has 1 aromatic heterocycles. The van der Waals surface area contributed by atoms with Crippen molar-refractivity contribution in [3.63, 3.8) is 0 Å². The highest BCUT2D eigenvalue weighted by Gasteiger charge is 2.43. The number of benzene rings is 1. The van der Waals surface area contributed by atoms with Gasteiger partial charge in [-0.15, -0.1) is 0 Å². The van der Waals surface area contributed by atoms with Crippen LogP contribution in [-0.2, 0) is 31.0 Å².